The second-order valence-electron chi connectivity index (χ2n) is 5.16. The fourth-order valence-electron chi connectivity index (χ4n) is 2.60. The number of rotatable bonds is 7. The number of hydrogen-bond donors (Lipinski definition) is 0. The molecule has 0 radical (unpaired) electrons. The summed E-state index contributed by atoms with van der Waals surface area (Å²) in [6.07, 6.45) is 0. The van der Waals surface area contributed by atoms with Gasteiger partial charge in [-0.3, -0.25) is 0 Å². The van der Waals surface area contributed by atoms with Crippen molar-refractivity contribution in [1.29, 1.82) is 0 Å². The minimum atomic E-state index is 0.298. The molecule has 0 aromatic heterocycles. The number of alkyl halides is 1. The first-order valence-corrected chi connectivity index (χ1v) is 8.66. The summed E-state index contributed by atoms with van der Waals surface area (Å²) in [6.45, 7) is 7.55. The van der Waals surface area contributed by atoms with Crippen LogP contribution in [0.2, 0.25) is 0 Å². The zero-order valence-corrected chi connectivity index (χ0v) is 15.0. The molecule has 1 atom stereocenters. The monoisotopic (exact) mass is 362 g/mol. The molecule has 2 aromatic rings. The molecule has 0 bridgehead atoms. The predicted octanol–water partition coefficient (Wildman–Crippen LogP) is 5.40. The maximum Gasteiger partial charge on any atom is 0.119 e. The van der Waals surface area contributed by atoms with Crippen molar-refractivity contribution >= 4 is 15.9 Å². The van der Waals surface area contributed by atoms with E-state index in [0.717, 1.165) is 11.5 Å². The minimum absolute atomic E-state index is 0.298. The molecule has 0 heterocycles. The highest BCUT2D eigenvalue weighted by Crippen LogP contribution is 2.33. The third kappa shape index (κ3) is 4.26. The van der Waals surface area contributed by atoms with Crippen molar-refractivity contribution in [2.24, 2.45) is 0 Å². The van der Waals surface area contributed by atoms with Crippen LogP contribution in [0.15, 0.2) is 48.5 Å². The summed E-state index contributed by atoms with van der Waals surface area (Å²) in [5, 5.41) is 0. The van der Waals surface area contributed by atoms with E-state index < -0.39 is 0 Å². The van der Waals surface area contributed by atoms with E-state index in [1.807, 2.05) is 38.1 Å². The largest absolute Gasteiger partial charge is 0.494 e. The second-order valence-corrected chi connectivity index (χ2v) is 6.60. The fraction of sp³-hybridized carbons (Fsp3) is 0.368. The topological polar surface area (TPSA) is 18.5 Å². The molecule has 1 unspecified atom stereocenters. The highest BCUT2D eigenvalue weighted by atomic mass is 79.9. The average Bonchev–Trinajstić information content (AvgIpc) is 2.51. The lowest BCUT2D eigenvalue weighted by Gasteiger charge is -2.21. The fourth-order valence-corrected chi connectivity index (χ4v) is 3.21. The lowest BCUT2D eigenvalue weighted by Crippen LogP contribution is -2.10. The van der Waals surface area contributed by atoms with Crippen molar-refractivity contribution in [3.05, 3.63) is 59.7 Å². The zero-order valence-electron chi connectivity index (χ0n) is 13.4. The van der Waals surface area contributed by atoms with Crippen LogP contribution in [0.1, 0.15) is 37.8 Å². The number of ether oxygens (including phenoxy) is 2. The zero-order chi connectivity index (χ0) is 15.9. The van der Waals surface area contributed by atoms with E-state index in [9.17, 15) is 0 Å². The minimum Gasteiger partial charge on any atom is -0.494 e. The van der Waals surface area contributed by atoms with Gasteiger partial charge < -0.3 is 9.47 Å². The molecule has 0 amide bonds. The molecule has 0 N–H and O–H groups in total. The van der Waals surface area contributed by atoms with Gasteiger partial charge in [0.15, 0.2) is 0 Å². The van der Waals surface area contributed by atoms with Crippen LogP contribution in [0.3, 0.4) is 0 Å². The van der Waals surface area contributed by atoms with Crippen molar-refractivity contribution in [3.8, 4) is 11.5 Å². The average molecular weight is 363 g/mol. The summed E-state index contributed by atoms with van der Waals surface area (Å²) in [4.78, 5) is 0.336. The Hall–Kier alpha value is -1.48. The van der Waals surface area contributed by atoms with Gasteiger partial charge in [-0.25, -0.2) is 0 Å². The van der Waals surface area contributed by atoms with Gasteiger partial charge in [-0.2, -0.15) is 0 Å². The molecule has 2 aromatic carbocycles. The van der Waals surface area contributed by atoms with Gasteiger partial charge in [0, 0.05) is 10.7 Å². The molecule has 22 heavy (non-hydrogen) atoms. The number of benzene rings is 2. The van der Waals surface area contributed by atoms with Crippen molar-refractivity contribution in [2.75, 3.05) is 13.2 Å². The molecule has 0 aliphatic heterocycles. The summed E-state index contributed by atoms with van der Waals surface area (Å²) in [5.74, 6) is 2.13. The molecule has 2 rings (SSSR count). The SMILES string of the molecule is CCOc1ccc(C(c2ccc(OCC)cc2)C(C)Br)cc1. The van der Waals surface area contributed by atoms with E-state index >= 15 is 0 Å². The van der Waals surface area contributed by atoms with Gasteiger partial charge in [0.2, 0.25) is 0 Å². The van der Waals surface area contributed by atoms with Gasteiger partial charge in [-0.15, -0.1) is 0 Å². The predicted molar refractivity (Wildman–Crippen MR) is 95.5 cm³/mol. The van der Waals surface area contributed by atoms with Crippen LogP contribution in [-0.2, 0) is 0 Å². The highest BCUT2D eigenvalue weighted by Gasteiger charge is 2.19. The Morgan fingerprint density at radius 3 is 1.41 bits per heavy atom. The number of halogens is 1. The van der Waals surface area contributed by atoms with Crippen LogP contribution in [0.5, 0.6) is 11.5 Å². The third-order valence-corrected chi connectivity index (χ3v) is 4.09. The van der Waals surface area contributed by atoms with Crippen LogP contribution in [-0.4, -0.2) is 18.0 Å². The van der Waals surface area contributed by atoms with Gasteiger partial charge in [-0.05, 0) is 49.2 Å². The normalized spacial score (nSPS) is 12.2. The smallest absolute Gasteiger partial charge is 0.119 e. The summed E-state index contributed by atoms with van der Waals surface area (Å²) in [7, 11) is 0. The Labute approximate surface area is 141 Å². The van der Waals surface area contributed by atoms with E-state index in [1.54, 1.807) is 0 Å². The van der Waals surface area contributed by atoms with E-state index in [-0.39, 0.29) is 0 Å². The van der Waals surface area contributed by atoms with E-state index in [2.05, 4.69) is 47.1 Å². The van der Waals surface area contributed by atoms with E-state index in [1.165, 1.54) is 11.1 Å². The molecule has 0 spiro atoms. The molecule has 0 aliphatic carbocycles. The maximum atomic E-state index is 5.52. The van der Waals surface area contributed by atoms with Crippen molar-refractivity contribution in [2.45, 2.75) is 31.5 Å². The van der Waals surface area contributed by atoms with Gasteiger partial charge in [0.25, 0.3) is 0 Å². The summed E-state index contributed by atoms with van der Waals surface area (Å²) >= 11 is 3.75. The summed E-state index contributed by atoms with van der Waals surface area (Å²) < 4.78 is 11.0. The van der Waals surface area contributed by atoms with Crippen molar-refractivity contribution < 1.29 is 9.47 Å². The van der Waals surface area contributed by atoms with Crippen molar-refractivity contribution in [3.63, 3.8) is 0 Å². The first-order chi connectivity index (χ1) is 10.7. The molecular weight excluding hydrogens is 340 g/mol. The highest BCUT2D eigenvalue weighted by molar-refractivity contribution is 9.09. The van der Waals surface area contributed by atoms with Crippen LogP contribution >= 0.6 is 15.9 Å². The summed E-state index contributed by atoms with van der Waals surface area (Å²) in [5.41, 5.74) is 2.55. The Kier molecular flexibility index (Phi) is 6.32. The lowest BCUT2D eigenvalue weighted by molar-refractivity contribution is 0.340. The molecule has 0 saturated heterocycles. The van der Waals surface area contributed by atoms with Gasteiger partial charge in [0.05, 0.1) is 13.2 Å². The Morgan fingerprint density at radius 2 is 1.14 bits per heavy atom. The molecule has 3 heteroatoms. The Bertz CT molecular complexity index is 511. The number of hydrogen-bond acceptors (Lipinski definition) is 2. The van der Waals surface area contributed by atoms with Gasteiger partial charge in [-0.1, -0.05) is 47.1 Å². The van der Waals surface area contributed by atoms with E-state index in [0.29, 0.717) is 24.0 Å². The molecular formula is C19H23BrO2. The first kappa shape index (κ1) is 16.9. The quantitative estimate of drug-likeness (QED) is 0.614. The lowest BCUT2D eigenvalue weighted by atomic mass is 9.89. The molecule has 0 aliphatic rings. The summed E-state index contributed by atoms with van der Waals surface area (Å²) in [6, 6.07) is 16.7. The maximum absolute atomic E-state index is 5.52. The van der Waals surface area contributed by atoms with E-state index in [4.69, 9.17) is 9.47 Å². The van der Waals surface area contributed by atoms with Crippen LogP contribution in [0.4, 0.5) is 0 Å². The second kappa shape index (κ2) is 8.23. The Morgan fingerprint density at radius 1 is 0.773 bits per heavy atom. The van der Waals surface area contributed by atoms with Gasteiger partial charge >= 0.3 is 0 Å². The standard InChI is InChI=1S/C19H23BrO2/c1-4-21-17-10-6-15(7-11-17)19(14(3)20)16-8-12-18(13-9-16)22-5-2/h6-14,19H,4-5H2,1-3H3. The first-order valence-electron chi connectivity index (χ1n) is 7.75. The molecule has 0 saturated carbocycles. The Balaban J connectivity index is 2.25. The molecule has 0 fully saturated rings. The van der Waals surface area contributed by atoms with Crippen LogP contribution < -0.4 is 9.47 Å². The molecule has 118 valence electrons. The van der Waals surface area contributed by atoms with Crippen molar-refractivity contribution in [1.82, 2.24) is 0 Å². The van der Waals surface area contributed by atoms with Crippen LogP contribution in [0, 0.1) is 0 Å². The van der Waals surface area contributed by atoms with Gasteiger partial charge in [0.1, 0.15) is 11.5 Å². The van der Waals surface area contributed by atoms with Crippen LogP contribution in [0.25, 0.3) is 0 Å². The third-order valence-electron chi connectivity index (χ3n) is 3.56. The molecule has 2 nitrogen and oxygen atoms in total.